The van der Waals surface area contributed by atoms with Gasteiger partial charge >= 0.3 is 5.97 Å². The number of aryl methyl sites for hydroxylation is 1. The summed E-state index contributed by atoms with van der Waals surface area (Å²) in [5.74, 6) is 4.51. The predicted molar refractivity (Wildman–Crippen MR) is 112 cm³/mol. The van der Waals surface area contributed by atoms with E-state index in [4.69, 9.17) is 5.84 Å². The van der Waals surface area contributed by atoms with E-state index in [1.165, 1.54) is 16.2 Å². The second kappa shape index (κ2) is 7.66. The minimum absolute atomic E-state index is 0.0833. The molecule has 1 aliphatic rings. The molecule has 1 heterocycles. The van der Waals surface area contributed by atoms with Crippen LogP contribution >= 0.6 is 11.3 Å². The van der Waals surface area contributed by atoms with E-state index in [0.29, 0.717) is 22.5 Å². The van der Waals surface area contributed by atoms with Crippen molar-refractivity contribution in [2.75, 3.05) is 14.1 Å². The highest BCUT2D eigenvalue weighted by Gasteiger charge is 2.33. The standard InChI is InChI=1S/C21H27N3O3S/c1-21(2)8-7-16-15(10-21)17(20(26)27)18(28-16)14-9-12(19(25)24(3)4)5-6-13(14)11-23-22/h5-6,9,23H,7-8,10-11,22H2,1-4H3,(H,26,27). The number of hydrogen-bond acceptors (Lipinski definition) is 5. The van der Waals surface area contributed by atoms with Gasteiger partial charge in [-0.05, 0) is 53.5 Å². The van der Waals surface area contributed by atoms with Gasteiger partial charge in [-0.15, -0.1) is 11.3 Å². The second-order valence-corrected chi connectivity index (χ2v) is 9.41. The van der Waals surface area contributed by atoms with Crippen LogP contribution in [0.4, 0.5) is 0 Å². The van der Waals surface area contributed by atoms with E-state index in [-0.39, 0.29) is 11.3 Å². The number of benzene rings is 1. The largest absolute Gasteiger partial charge is 0.478 e. The Morgan fingerprint density at radius 1 is 1.32 bits per heavy atom. The maximum atomic E-state index is 12.5. The van der Waals surface area contributed by atoms with Gasteiger partial charge in [0.15, 0.2) is 0 Å². The topological polar surface area (TPSA) is 95.7 Å². The van der Waals surface area contributed by atoms with E-state index in [0.717, 1.165) is 40.8 Å². The van der Waals surface area contributed by atoms with Gasteiger partial charge in [0.25, 0.3) is 5.91 Å². The lowest BCUT2D eigenvalue weighted by Gasteiger charge is -2.29. The summed E-state index contributed by atoms with van der Waals surface area (Å²) in [7, 11) is 3.40. The minimum Gasteiger partial charge on any atom is -0.478 e. The number of thiophene rings is 1. The molecule has 0 atom stereocenters. The zero-order valence-electron chi connectivity index (χ0n) is 16.8. The molecule has 0 aliphatic heterocycles. The number of carboxylic acid groups (broad SMARTS) is 1. The first kappa shape index (κ1) is 20.5. The Balaban J connectivity index is 2.22. The number of hydrazine groups is 1. The molecule has 0 spiro atoms. The molecule has 1 aliphatic carbocycles. The van der Waals surface area contributed by atoms with Crippen LogP contribution in [-0.2, 0) is 19.4 Å². The molecule has 1 aromatic carbocycles. The van der Waals surface area contributed by atoms with E-state index in [2.05, 4.69) is 19.3 Å². The average molecular weight is 402 g/mol. The molecule has 1 amide bonds. The Kier molecular flexibility index (Phi) is 5.61. The molecule has 1 aromatic heterocycles. The smallest absolute Gasteiger partial charge is 0.337 e. The number of nitrogens with zero attached hydrogens (tertiary/aromatic N) is 1. The minimum atomic E-state index is -0.916. The third-order valence-electron chi connectivity index (χ3n) is 5.29. The molecule has 4 N–H and O–H groups in total. The molecule has 28 heavy (non-hydrogen) atoms. The number of amides is 1. The van der Waals surface area contributed by atoms with Crippen molar-refractivity contribution in [1.29, 1.82) is 0 Å². The molecule has 0 radical (unpaired) electrons. The van der Waals surface area contributed by atoms with E-state index >= 15 is 0 Å². The summed E-state index contributed by atoms with van der Waals surface area (Å²) in [6.45, 7) is 4.75. The number of aromatic carboxylic acids is 1. The van der Waals surface area contributed by atoms with Crippen molar-refractivity contribution in [2.45, 2.75) is 39.7 Å². The van der Waals surface area contributed by atoms with Crippen LogP contribution in [-0.4, -0.2) is 36.0 Å². The van der Waals surface area contributed by atoms with Crippen molar-refractivity contribution in [1.82, 2.24) is 10.3 Å². The number of carbonyl (C=O) groups excluding carboxylic acids is 1. The van der Waals surface area contributed by atoms with Gasteiger partial charge in [0.2, 0.25) is 0 Å². The lowest BCUT2D eigenvalue weighted by atomic mass is 9.76. The van der Waals surface area contributed by atoms with Crippen molar-refractivity contribution < 1.29 is 14.7 Å². The molecular formula is C21H27N3O3S. The molecule has 6 nitrogen and oxygen atoms in total. The Morgan fingerprint density at radius 3 is 2.64 bits per heavy atom. The van der Waals surface area contributed by atoms with Gasteiger partial charge in [-0.25, -0.2) is 4.79 Å². The first-order valence-electron chi connectivity index (χ1n) is 9.31. The van der Waals surface area contributed by atoms with E-state index in [1.54, 1.807) is 26.2 Å². The fraction of sp³-hybridized carbons (Fsp3) is 0.429. The number of carboxylic acids is 1. The van der Waals surface area contributed by atoms with Gasteiger partial charge in [0.1, 0.15) is 0 Å². The van der Waals surface area contributed by atoms with Crippen molar-refractivity contribution in [3.8, 4) is 10.4 Å². The van der Waals surface area contributed by atoms with Crippen LogP contribution in [0.3, 0.4) is 0 Å². The zero-order valence-corrected chi connectivity index (χ0v) is 17.6. The Labute approximate surface area is 169 Å². The number of nitrogens with two attached hydrogens (primary N) is 1. The Bertz CT molecular complexity index is 931. The van der Waals surface area contributed by atoms with Crippen molar-refractivity contribution >= 4 is 23.2 Å². The summed E-state index contributed by atoms with van der Waals surface area (Å²) >= 11 is 1.54. The van der Waals surface area contributed by atoms with Gasteiger partial charge in [-0.1, -0.05) is 19.9 Å². The first-order valence-corrected chi connectivity index (χ1v) is 10.1. The number of rotatable bonds is 5. The summed E-state index contributed by atoms with van der Waals surface area (Å²) in [6.07, 6.45) is 2.67. The van der Waals surface area contributed by atoms with Crippen LogP contribution in [0.1, 0.15) is 57.0 Å². The molecule has 0 saturated heterocycles. The van der Waals surface area contributed by atoms with Gasteiger partial charge < -0.3 is 10.0 Å². The molecule has 0 unspecified atom stereocenters. The van der Waals surface area contributed by atoms with Crippen molar-refractivity contribution in [3.05, 3.63) is 45.3 Å². The van der Waals surface area contributed by atoms with E-state index < -0.39 is 5.97 Å². The van der Waals surface area contributed by atoms with Crippen LogP contribution < -0.4 is 11.3 Å². The molecule has 2 aromatic rings. The first-order chi connectivity index (χ1) is 13.1. The van der Waals surface area contributed by atoms with Crippen LogP contribution in [0.25, 0.3) is 10.4 Å². The highest BCUT2D eigenvalue weighted by molar-refractivity contribution is 7.16. The van der Waals surface area contributed by atoms with Crippen molar-refractivity contribution in [2.24, 2.45) is 11.3 Å². The van der Waals surface area contributed by atoms with Gasteiger partial charge in [0, 0.05) is 36.0 Å². The van der Waals surface area contributed by atoms with E-state index in [1.807, 2.05) is 6.07 Å². The number of nitrogens with one attached hydrogen (secondary N) is 1. The van der Waals surface area contributed by atoms with Gasteiger partial charge in [-0.2, -0.15) is 0 Å². The summed E-state index contributed by atoms with van der Waals surface area (Å²) in [5, 5.41) is 10.0. The van der Waals surface area contributed by atoms with Crippen molar-refractivity contribution in [3.63, 3.8) is 0 Å². The molecule has 150 valence electrons. The summed E-state index contributed by atoms with van der Waals surface area (Å²) in [5.41, 5.74) is 6.22. The lowest BCUT2D eigenvalue weighted by molar-refractivity contribution is 0.0695. The molecule has 0 fully saturated rings. The number of carbonyl (C=O) groups is 2. The highest BCUT2D eigenvalue weighted by atomic mass is 32.1. The maximum Gasteiger partial charge on any atom is 0.337 e. The molecule has 0 bridgehead atoms. The Hall–Kier alpha value is -2.22. The summed E-state index contributed by atoms with van der Waals surface area (Å²) < 4.78 is 0. The SMILES string of the molecule is CN(C)C(=O)c1ccc(CNN)c(-c2sc3c(c2C(=O)O)CC(C)(C)CC3)c1. The second-order valence-electron chi connectivity index (χ2n) is 8.31. The van der Waals surface area contributed by atoms with Crippen LogP contribution in [0, 0.1) is 5.41 Å². The quantitative estimate of drug-likeness (QED) is 0.528. The highest BCUT2D eigenvalue weighted by Crippen LogP contribution is 2.46. The maximum absolute atomic E-state index is 12.5. The van der Waals surface area contributed by atoms with Crippen LogP contribution in [0.5, 0.6) is 0 Å². The fourth-order valence-electron chi connectivity index (χ4n) is 3.78. The fourth-order valence-corrected chi connectivity index (χ4v) is 5.14. The third-order valence-corrected chi connectivity index (χ3v) is 6.61. The number of hydrogen-bond donors (Lipinski definition) is 3. The van der Waals surface area contributed by atoms with Crippen LogP contribution in [0.2, 0.25) is 0 Å². The lowest BCUT2D eigenvalue weighted by Crippen LogP contribution is -2.23. The normalized spacial score (nSPS) is 15.2. The van der Waals surface area contributed by atoms with Crippen LogP contribution in [0.15, 0.2) is 18.2 Å². The monoisotopic (exact) mass is 401 g/mol. The van der Waals surface area contributed by atoms with Gasteiger partial charge in [-0.3, -0.25) is 16.1 Å². The average Bonchev–Trinajstić information content (AvgIpc) is 2.98. The summed E-state index contributed by atoms with van der Waals surface area (Å²) in [4.78, 5) is 28.1. The molecular weight excluding hydrogens is 374 g/mol. The molecule has 0 saturated carbocycles. The summed E-state index contributed by atoms with van der Waals surface area (Å²) in [6, 6.07) is 5.40. The third kappa shape index (κ3) is 3.83. The Morgan fingerprint density at radius 2 is 2.04 bits per heavy atom. The van der Waals surface area contributed by atoms with E-state index in [9.17, 15) is 14.7 Å². The predicted octanol–water partition coefficient (Wildman–Crippen LogP) is 3.29. The number of fused-ring (bicyclic) bond motifs is 1. The van der Waals surface area contributed by atoms with Gasteiger partial charge in [0.05, 0.1) is 5.56 Å². The zero-order chi connectivity index (χ0) is 20.6. The molecule has 3 rings (SSSR count). The molecule has 7 heteroatoms.